The standard InChI is InChI=1S/C14H16N4O4S/c1-23(20,21)18-9-5-8-11(18)12(19)15-14-17-16-13(22-14)10-6-3-2-4-7-10/h2-4,6-7,11H,5,8-9H2,1H3,(H,15,17,19)/t11-/m1/s1. The lowest BCUT2D eigenvalue weighted by molar-refractivity contribution is -0.119. The van der Waals surface area contributed by atoms with Crippen LogP contribution < -0.4 is 5.32 Å². The second kappa shape index (κ2) is 6.09. The van der Waals surface area contributed by atoms with Crippen molar-refractivity contribution in [1.82, 2.24) is 14.5 Å². The number of anilines is 1. The zero-order valence-electron chi connectivity index (χ0n) is 12.5. The second-order valence-electron chi connectivity index (χ2n) is 5.30. The molecule has 1 fully saturated rings. The summed E-state index contributed by atoms with van der Waals surface area (Å²) in [6.45, 7) is 0.343. The first kappa shape index (κ1) is 15.6. The van der Waals surface area contributed by atoms with E-state index in [4.69, 9.17) is 4.42 Å². The molecule has 1 amide bonds. The van der Waals surface area contributed by atoms with Crippen LogP contribution in [0, 0.1) is 0 Å². The first-order valence-corrected chi connectivity index (χ1v) is 8.96. The number of aromatic nitrogens is 2. The van der Waals surface area contributed by atoms with Gasteiger partial charge in [-0.05, 0) is 25.0 Å². The van der Waals surface area contributed by atoms with Gasteiger partial charge in [0.15, 0.2) is 0 Å². The summed E-state index contributed by atoms with van der Waals surface area (Å²) in [5.41, 5.74) is 0.735. The molecule has 0 aliphatic carbocycles. The van der Waals surface area contributed by atoms with Gasteiger partial charge in [-0.25, -0.2) is 8.42 Å². The topological polar surface area (TPSA) is 105 Å². The summed E-state index contributed by atoms with van der Waals surface area (Å²) in [5.74, 6) is -0.177. The van der Waals surface area contributed by atoms with Crippen LogP contribution in [0.1, 0.15) is 12.8 Å². The first-order chi connectivity index (χ1) is 10.9. The third kappa shape index (κ3) is 3.40. The Morgan fingerprint density at radius 3 is 2.74 bits per heavy atom. The molecule has 1 atom stereocenters. The molecular formula is C14H16N4O4S. The fourth-order valence-electron chi connectivity index (χ4n) is 2.56. The fraction of sp³-hybridized carbons (Fsp3) is 0.357. The van der Waals surface area contributed by atoms with E-state index in [0.717, 1.165) is 11.8 Å². The van der Waals surface area contributed by atoms with Gasteiger partial charge in [0.05, 0.1) is 6.26 Å². The predicted octanol–water partition coefficient (Wildman–Crippen LogP) is 1.10. The Morgan fingerprint density at radius 2 is 2.04 bits per heavy atom. The largest absolute Gasteiger partial charge is 0.403 e. The molecule has 1 aliphatic heterocycles. The summed E-state index contributed by atoms with van der Waals surface area (Å²) in [6, 6.07) is 8.36. The molecule has 2 aromatic rings. The van der Waals surface area contributed by atoms with E-state index in [1.165, 1.54) is 4.31 Å². The van der Waals surface area contributed by atoms with Crippen LogP contribution in [0.3, 0.4) is 0 Å². The van der Waals surface area contributed by atoms with Gasteiger partial charge in [-0.2, -0.15) is 4.31 Å². The molecule has 1 aromatic carbocycles. The molecule has 1 N–H and O–H groups in total. The maximum absolute atomic E-state index is 12.3. The number of carbonyl (C=O) groups is 1. The lowest BCUT2D eigenvalue weighted by Crippen LogP contribution is -2.42. The smallest absolute Gasteiger partial charge is 0.322 e. The highest BCUT2D eigenvalue weighted by Gasteiger charge is 2.36. The average molecular weight is 336 g/mol. The highest BCUT2D eigenvalue weighted by molar-refractivity contribution is 7.88. The fourth-order valence-corrected chi connectivity index (χ4v) is 3.68. The molecule has 122 valence electrons. The Kier molecular flexibility index (Phi) is 4.14. The highest BCUT2D eigenvalue weighted by Crippen LogP contribution is 2.23. The predicted molar refractivity (Wildman–Crippen MR) is 82.9 cm³/mol. The lowest BCUT2D eigenvalue weighted by atomic mass is 10.2. The van der Waals surface area contributed by atoms with Gasteiger partial charge in [0, 0.05) is 12.1 Å². The average Bonchev–Trinajstić information content (AvgIpc) is 3.16. The van der Waals surface area contributed by atoms with Crippen molar-refractivity contribution < 1.29 is 17.6 Å². The molecule has 3 rings (SSSR count). The molecule has 0 saturated carbocycles. The number of nitrogens with one attached hydrogen (secondary N) is 1. The van der Waals surface area contributed by atoms with Crippen molar-refractivity contribution in [2.24, 2.45) is 0 Å². The molecule has 0 bridgehead atoms. The van der Waals surface area contributed by atoms with Gasteiger partial charge < -0.3 is 4.42 Å². The van der Waals surface area contributed by atoms with Gasteiger partial charge >= 0.3 is 6.01 Å². The van der Waals surface area contributed by atoms with E-state index in [1.54, 1.807) is 0 Å². The van der Waals surface area contributed by atoms with E-state index in [9.17, 15) is 13.2 Å². The molecule has 0 unspecified atom stereocenters. The van der Waals surface area contributed by atoms with Gasteiger partial charge in [0.1, 0.15) is 6.04 Å². The number of sulfonamides is 1. The molecule has 9 heteroatoms. The SMILES string of the molecule is CS(=O)(=O)N1CCC[C@@H]1C(=O)Nc1nnc(-c2ccccc2)o1. The maximum atomic E-state index is 12.3. The zero-order valence-corrected chi connectivity index (χ0v) is 13.3. The molecule has 1 saturated heterocycles. The maximum Gasteiger partial charge on any atom is 0.322 e. The number of benzene rings is 1. The molecule has 0 radical (unpaired) electrons. The summed E-state index contributed by atoms with van der Waals surface area (Å²) in [6.07, 6.45) is 2.21. The van der Waals surface area contributed by atoms with Crippen LogP contribution in [0.15, 0.2) is 34.7 Å². The Balaban J connectivity index is 1.73. The van der Waals surface area contributed by atoms with E-state index < -0.39 is 22.0 Å². The number of carbonyl (C=O) groups excluding carboxylic acids is 1. The van der Waals surface area contributed by atoms with Gasteiger partial charge in [0.2, 0.25) is 21.8 Å². The van der Waals surface area contributed by atoms with Crippen molar-refractivity contribution >= 4 is 21.9 Å². The molecule has 1 aliphatic rings. The van der Waals surface area contributed by atoms with Crippen molar-refractivity contribution in [3.05, 3.63) is 30.3 Å². The van der Waals surface area contributed by atoms with Crippen LogP contribution in [0.5, 0.6) is 0 Å². The summed E-state index contributed by atoms with van der Waals surface area (Å²) in [7, 11) is -3.42. The van der Waals surface area contributed by atoms with Crippen LogP contribution in [0.2, 0.25) is 0 Å². The third-order valence-electron chi connectivity index (χ3n) is 3.61. The molecule has 2 heterocycles. The number of hydrogen-bond acceptors (Lipinski definition) is 6. The minimum Gasteiger partial charge on any atom is -0.403 e. The van der Waals surface area contributed by atoms with Crippen LogP contribution in [-0.2, 0) is 14.8 Å². The number of nitrogens with zero attached hydrogens (tertiary/aromatic N) is 3. The number of rotatable bonds is 4. The Bertz CT molecular complexity index is 803. The monoisotopic (exact) mass is 336 g/mol. The van der Waals surface area contributed by atoms with Crippen LogP contribution in [0.4, 0.5) is 6.01 Å². The summed E-state index contributed by atoms with van der Waals surface area (Å²) < 4.78 is 30.0. The first-order valence-electron chi connectivity index (χ1n) is 7.12. The van der Waals surface area contributed by atoms with E-state index in [-0.39, 0.29) is 11.9 Å². The van der Waals surface area contributed by atoms with E-state index in [0.29, 0.717) is 19.4 Å². The summed E-state index contributed by atoms with van der Waals surface area (Å²) in [5, 5.41) is 10.1. The Labute approximate surface area is 133 Å². The van der Waals surface area contributed by atoms with Gasteiger partial charge in [-0.3, -0.25) is 10.1 Å². The van der Waals surface area contributed by atoms with Crippen LogP contribution in [0.25, 0.3) is 11.5 Å². The van der Waals surface area contributed by atoms with E-state index in [1.807, 2.05) is 30.3 Å². The van der Waals surface area contributed by atoms with Crippen LogP contribution in [-0.4, -0.2) is 47.7 Å². The third-order valence-corrected chi connectivity index (χ3v) is 4.90. The van der Waals surface area contributed by atoms with Gasteiger partial charge in [-0.15, -0.1) is 5.10 Å². The van der Waals surface area contributed by atoms with E-state index in [2.05, 4.69) is 15.5 Å². The molecule has 23 heavy (non-hydrogen) atoms. The van der Waals surface area contributed by atoms with Crippen molar-refractivity contribution in [2.75, 3.05) is 18.1 Å². The van der Waals surface area contributed by atoms with Crippen molar-refractivity contribution in [3.63, 3.8) is 0 Å². The zero-order chi connectivity index (χ0) is 16.4. The quantitative estimate of drug-likeness (QED) is 0.896. The molecule has 0 spiro atoms. The Morgan fingerprint density at radius 1 is 1.30 bits per heavy atom. The van der Waals surface area contributed by atoms with E-state index >= 15 is 0 Å². The summed E-state index contributed by atoms with van der Waals surface area (Å²) in [4.78, 5) is 12.3. The van der Waals surface area contributed by atoms with Crippen molar-refractivity contribution in [1.29, 1.82) is 0 Å². The minimum absolute atomic E-state index is 0.0470. The lowest BCUT2D eigenvalue weighted by Gasteiger charge is -2.20. The minimum atomic E-state index is -3.42. The second-order valence-corrected chi connectivity index (χ2v) is 7.23. The molecule has 8 nitrogen and oxygen atoms in total. The Hall–Kier alpha value is -2.26. The van der Waals surface area contributed by atoms with Crippen molar-refractivity contribution in [2.45, 2.75) is 18.9 Å². The van der Waals surface area contributed by atoms with Gasteiger partial charge in [0.25, 0.3) is 0 Å². The molecule has 1 aromatic heterocycles. The number of hydrogen-bond donors (Lipinski definition) is 1. The molecular weight excluding hydrogens is 320 g/mol. The normalized spacial score (nSPS) is 18.9. The van der Waals surface area contributed by atoms with Crippen molar-refractivity contribution in [3.8, 4) is 11.5 Å². The highest BCUT2D eigenvalue weighted by atomic mass is 32.2. The van der Waals surface area contributed by atoms with Crippen LogP contribution >= 0.6 is 0 Å². The number of amides is 1. The summed E-state index contributed by atoms with van der Waals surface area (Å²) >= 11 is 0. The van der Waals surface area contributed by atoms with Gasteiger partial charge in [-0.1, -0.05) is 23.3 Å².